The fourth-order valence-electron chi connectivity index (χ4n) is 2.92. The molecule has 0 radical (unpaired) electrons. The Kier molecular flexibility index (Phi) is 17.1. The number of hydrogen-bond donors (Lipinski definition) is 2. The SMILES string of the molecule is CCOC(=O)CC(O)(C(=O)OCC)C(C(C)=O)C(=O)OCC.COC(=O)CC(O)(CC(=O)OC)C(=O)OC. The van der Waals surface area contributed by atoms with Crippen LogP contribution in [0.25, 0.3) is 0 Å². The molecular formula is C23H36O15. The number of carbonyl (C=O) groups excluding carboxylic acids is 7. The van der Waals surface area contributed by atoms with Crippen molar-refractivity contribution in [2.75, 3.05) is 41.2 Å². The van der Waals surface area contributed by atoms with Gasteiger partial charge in [-0.2, -0.15) is 0 Å². The average molecular weight is 553 g/mol. The van der Waals surface area contributed by atoms with Gasteiger partial charge in [-0.25, -0.2) is 9.59 Å². The Bertz CT molecular complexity index is 832. The second-order valence-electron chi connectivity index (χ2n) is 7.45. The highest BCUT2D eigenvalue weighted by Gasteiger charge is 2.54. The lowest BCUT2D eigenvalue weighted by Gasteiger charge is -2.30. The van der Waals surface area contributed by atoms with Gasteiger partial charge in [-0.15, -0.1) is 0 Å². The number of esters is 6. The zero-order chi connectivity index (χ0) is 30.1. The summed E-state index contributed by atoms with van der Waals surface area (Å²) in [6, 6.07) is 0. The molecule has 0 aromatic heterocycles. The summed E-state index contributed by atoms with van der Waals surface area (Å²) in [5.41, 5.74) is -4.92. The Morgan fingerprint density at radius 3 is 1.42 bits per heavy atom. The second kappa shape index (κ2) is 17.8. The molecule has 15 heteroatoms. The van der Waals surface area contributed by atoms with Crippen LogP contribution in [0.15, 0.2) is 0 Å². The summed E-state index contributed by atoms with van der Waals surface area (Å²) in [6.45, 7) is 5.39. The van der Waals surface area contributed by atoms with Crippen molar-refractivity contribution in [2.45, 2.75) is 58.2 Å². The first-order valence-electron chi connectivity index (χ1n) is 11.3. The van der Waals surface area contributed by atoms with E-state index in [1.54, 1.807) is 0 Å². The van der Waals surface area contributed by atoms with Gasteiger partial charge in [0.2, 0.25) is 0 Å². The van der Waals surface area contributed by atoms with Crippen LogP contribution in [0, 0.1) is 5.92 Å². The lowest BCUT2D eigenvalue weighted by Crippen LogP contribution is -2.54. The molecule has 0 aliphatic rings. The number of methoxy groups -OCH3 is 3. The molecule has 0 aromatic carbocycles. The molecule has 2 unspecified atom stereocenters. The molecule has 15 nitrogen and oxygen atoms in total. The fraction of sp³-hybridized carbons (Fsp3) is 0.696. The van der Waals surface area contributed by atoms with Crippen molar-refractivity contribution in [3.63, 3.8) is 0 Å². The van der Waals surface area contributed by atoms with E-state index in [1.807, 2.05) is 0 Å². The topological polar surface area (TPSA) is 215 Å². The van der Waals surface area contributed by atoms with Crippen LogP contribution in [-0.2, 0) is 62.0 Å². The molecule has 0 fully saturated rings. The Labute approximate surface area is 219 Å². The van der Waals surface area contributed by atoms with E-state index >= 15 is 0 Å². The fourth-order valence-corrected chi connectivity index (χ4v) is 2.92. The molecular weight excluding hydrogens is 516 g/mol. The van der Waals surface area contributed by atoms with Crippen molar-refractivity contribution < 1.29 is 72.2 Å². The van der Waals surface area contributed by atoms with Crippen molar-refractivity contribution >= 4 is 41.6 Å². The summed E-state index contributed by atoms with van der Waals surface area (Å²) in [5.74, 6) is -8.74. The minimum absolute atomic E-state index is 0.0158. The standard InChI is InChI=1S/C14H22O8.C9H14O7/c1-5-20-10(16)8-14(19,13(18)22-7-3)11(9(4)15)12(17)21-6-2;1-14-6(10)4-9(13,8(12)16-3)5-7(11)15-2/h11,19H,5-8H2,1-4H3;13H,4-5H2,1-3H3. The van der Waals surface area contributed by atoms with E-state index in [-0.39, 0.29) is 19.8 Å². The lowest BCUT2D eigenvalue weighted by atomic mass is 9.81. The molecule has 2 N–H and O–H groups in total. The van der Waals surface area contributed by atoms with Gasteiger partial charge in [-0.1, -0.05) is 0 Å². The summed E-state index contributed by atoms with van der Waals surface area (Å²) in [5, 5.41) is 20.3. The highest BCUT2D eigenvalue weighted by atomic mass is 16.6. The number of rotatable bonds is 14. The molecule has 0 rings (SSSR count). The van der Waals surface area contributed by atoms with Crippen molar-refractivity contribution in [3.8, 4) is 0 Å². The van der Waals surface area contributed by atoms with E-state index in [2.05, 4.69) is 23.7 Å². The molecule has 218 valence electrons. The van der Waals surface area contributed by atoms with Gasteiger partial charge in [-0.3, -0.25) is 24.0 Å². The van der Waals surface area contributed by atoms with E-state index < -0.39 is 78.0 Å². The third-order valence-corrected chi connectivity index (χ3v) is 4.65. The van der Waals surface area contributed by atoms with E-state index in [0.29, 0.717) is 0 Å². The van der Waals surface area contributed by atoms with Gasteiger partial charge in [0.15, 0.2) is 17.1 Å². The summed E-state index contributed by atoms with van der Waals surface area (Å²) in [7, 11) is 3.22. The monoisotopic (exact) mass is 552 g/mol. The third kappa shape index (κ3) is 11.6. The maximum Gasteiger partial charge on any atom is 0.340 e. The van der Waals surface area contributed by atoms with Crippen molar-refractivity contribution in [1.29, 1.82) is 0 Å². The van der Waals surface area contributed by atoms with Gasteiger partial charge < -0.3 is 38.6 Å². The minimum atomic E-state index is -2.67. The first-order chi connectivity index (χ1) is 17.6. The Hall–Kier alpha value is -3.59. The number of hydrogen-bond acceptors (Lipinski definition) is 15. The molecule has 38 heavy (non-hydrogen) atoms. The summed E-state index contributed by atoms with van der Waals surface area (Å²) >= 11 is 0. The van der Waals surface area contributed by atoms with Crippen molar-refractivity contribution in [1.82, 2.24) is 0 Å². The second-order valence-corrected chi connectivity index (χ2v) is 7.45. The highest BCUT2D eigenvalue weighted by Crippen LogP contribution is 2.27. The molecule has 0 aliphatic carbocycles. The molecule has 0 heterocycles. The summed E-state index contributed by atoms with van der Waals surface area (Å²) in [6.07, 6.45) is -2.24. The van der Waals surface area contributed by atoms with Gasteiger partial charge in [0.1, 0.15) is 5.78 Å². The van der Waals surface area contributed by atoms with Crippen molar-refractivity contribution in [3.05, 3.63) is 0 Å². The predicted octanol–water partition coefficient (Wildman–Crippen LogP) is -0.981. The summed E-state index contributed by atoms with van der Waals surface area (Å²) < 4.78 is 27.0. The van der Waals surface area contributed by atoms with Crippen molar-refractivity contribution in [2.24, 2.45) is 5.92 Å². The zero-order valence-corrected chi connectivity index (χ0v) is 22.5. The van der Waals surface area contributed by atoms with Crippen LogP contribution in [-0.4, -0.2) is 104 Å². The van der Waals surface area contributed by atoms with Crippen LogP contribution >= 0.6 is 0 Å². The molecule has 0 aliphatic heterocycles. The van der Waals surface area contributed by atoms with E-state index in [1.165, 1.54) is 20.8 Å². The third-order valence-electron chi connectivity index (χ3n) is 4.65. The van der Waals surface area contributed by atoms with Crippen LogP contribution in [0.4, 0.5) is 0 Å². The number of ether oxygens (including phenoxy) is 6. The normalized spacial score (nSPS) is 12.8. The van der Waals surface area contributed by atoms with Crippen LogP contribution in [0.3, 0.4) is 0 Å². The van der Waals surface area contributed by atoms with E-state index in [4.69, 9.17) is 4.74 Å². The molecule has 2 atom stereocenters. The number of carbonyl (C=O) groups is 7. The van der Waals surface area contributed by atoms with Gasteiger partial charge in [0.25, 0.3) is 0 Å². The molecule has 0 bridgehead atoms. The van der Waals surface area contributed by atoms with Gasteiger partial charge in [0, 0.05) is 0 Å². The first-order valence-corrected chi connectivity index (χ1v) is 11.3. The Morgan fingerprint density at radius 2 is 1.08 bits per heavy atom. The molecule has 0 spiro atoms. The molecule has 0 saturated carbocycles. The van der Waals surface area contributed by atoms with E-state index in [9.17, 15) is 43.8 Å². The maximum absolute atomic E-state index is 12.0. The van der Waals surface area contributed by atoms with Crippen LogP contribution in [0.5, 0.6) is 0 Å². The Morgan fingerprint density at radius 1 is 0.632 bits per heavy atom. The van der Waals surface area contributed by atoms with Crippen LogP contribution < -0.4 is 0 Å². The maximum atomic E-state index is 12.0. The van der Waals surface area contributed by atoms with Gasteiger partial charge >= 0.3 is 35.8 Å². The van der Waals surface area contributed by atoms with E-state index in [0.717, 1.165) is 28.3 Å². The first kappa shape index (κ1) is 36.6. The molecule has 0 amide bonds. The number of ketones is 1. The largest absolute Gasteiger partial charge is 0.469 e. The van der Waals surface area contributed by atoms with Crippen LogP contribution in [0.2, 0.25) is 0 Å². The highest BCUT2D eigenvalue weighted by molar-refractivity contribution is 6.05. The predicted molar refractivity (Wildman–Crippen MR) is 124 cm³/mol. The zero-order valence-electron chi connectivity index (χ0n) is 22.5. The smallest absolute Gasteiger partial charge is 0.340 e. The lowest BCUT2D eigenvalue weighted by molar-refractivity contribution is -0.187. The number of aliphatic hydroxyl groups is 2. The molecule has 0 saturated heterocycles. The van der Waals surface area contributed by atoms with Gasteiger partial charge in [0.05, 0.1) is 60.4 Å². The van der Waals surface area contributed by atoms with Crippen LogP contribution in [0.1, 0.15) is 47.0 Å². The summed E-state index contributed by atoms with van der Waals surface area (Å²) in [4.78, 5) is 80.5. The minimum Gasteiger partial charge on any atom is -0.469 e. The van der Waals surface area contributed by atoms with Gasteiger partial charge in [-0.05, 0) is 27.7 Å². The quantitative estimate of drug-likeness (QED) is 0.150. The average Bonchev–Trinajstić information content (AvgIpc) is 2.83. The Balaban J connectivity index is 0. The number of Topliss-reactive ketones (excluding diaryl/α,β-unsaturated/α-hetero) is 1. The molecule has 0 aromatic rings.